The number of nitrogens with two attached hydrogens (primary N) is 1. The van der Waals surface area contributed by atoms with Crippen LogP contribution in [0.15, 0.2) is 54.6 Å². The van der Waals surface area contributed by atoms with Gasteiger partial charge >= 0.3 is 6.09 Å². The van der Waals surface area contributed by atoms with Crippen LogP contribution in [0, 0.1) is 5.92 Å². The van der Waals surface area contributed by atoms with Crippen molar-refractivity contribution in [3.05, 3.63) is 65.7 Å². The van der Waals surface area contributed by atoms with Crippen molar-refractivity contribution < 1.29 is 19.1 Å². The van der Waals surface area contributed by atoms with E-state index in [1.807, 2.05) is 68.4 Å². The van der Waals surface area contributed by atoms with Gasteiger partial charge in [-0.2, -0.15) is 0 Å². The Bertz CT molecular complexity index is 874. The molecule has 0 bridgehead atoms. The molecule has 0 aliphatic rings. The van der Waals surface area contributed by atoms with Gasteiger partial charge in [0.25, 0.3) is 5.91 Å². The number of amides is 2. The Kier molecular flexibility index (Phi) is 11.4. The van der Waals surface area contributed by atoms with E-state index in [9.17, 15) is 9.59 Å². The highest BCUT2D eigenvalue weighted by Gasteiger charge is 2.29. The monoisotopic (exact) mass is 470 g/mol. The lowest BCUT2D eigenvalue weighted by molar-refractivity contribution is -0.138. The first-order chi connectivity index (χ1) is 16.3. The van der Waals surface area contributed by atoms with E-state index in [0.717, 1.165) is 23.3 Å². The van der Waals surface area contributed by atoms with Crippen LogP contribution in [-0.4, -0.2) is 43.3 Å². The Hall–Kier alpha value is -3.10. The van der Waals surface area contributed by atoms with Crippen LogP contribution in [0.2, 0.25) is 0 Å². The van der Waals surface area contributed by atoms with Crippen LogP contribution in [0.25, 0.3) is 0 Å². The van der Waals surface area contributed by atoms with Gasteiger partial charge in [-0.3, -0.25) is 9.80 Å². The Morgan fingerprint density at radius 2 is 1.74 bits per heavy atom. The van der Waals surface area contributed by atoms with Gasteiger partial charge in [0.15, 0.2) is 0 Å². The van der Waals surface area contributed by atoms with Gasteiger partial charge in [0, 0.05) is 19.1 Å². The van der Waals surface area contributed by atoms with E-state index in [-0.39, 0.29) is 24.5 Å². The molecule has 0 aliphatic heterocycles. The first-order valence-corrected chi connectivity index (χ1v) is 11.8. The molecule has 2 aromatic rings. The summed E-state index contributed by atoms with van der Waals surface area (Å²) in [6.45, 7) is 6.64. The average molecular weight is 471 g/mol. The summed E-state index contributed by atoms with van der Waals surface area (Å²) < 4.78 is 10.2. The zero-order chi connectivity index (χ0) is 24.9. The number of hydrogen-bond donors (Lipinski definition) is 3. The third-order valence-electron chi connectivity index (χ3n) is 5.51. The maximum absolute atomic E-state index is 13.4. The van der Waals surface area contributed by atoms with Crippen LogP contribution in [-0.2, 0) is 16.1 Å². The Morgan fingerprint density at radius 3 is 2.32 bits per heavy atom. The number of benzene rings is 2. The molecular formula is C26H38N4O4. The van der Waals surface area contributed by atoms with E-state index in [1.165, 1.54) is 0 Å². The highest BCUT2D eigenvalue weighted by atomic mass is 16.5. The van der Waals surface area contributed by atoms with Gasteiger partial charge in [0.2, 0.25) is 0 Å². The summed E-state index contributed by atoms with van der Waals surface area (Å²) in [5.41, 5.74) is 11.6. The van der Waals surface area contributed by atoms with Gasteiger partial charge in [-0.1, -0.05) is 56.3 Å². The third-order valence-corrected chi connectivity index (χ3v) is 5.51. The van der Waals surface area contributed by atoms with Crippen molar-refractivity contribution in [3.8, 4) is 5.75 Å². The lowest BCUT2D eigenvalue weighted by Crippen LogP contribution is -2.55. The molecule has 0 fully saturated rings. The smallest absolute Gasteiger partial charge is 0.407 e. The first kappa shape index (κ1) is 27.1. The number of nitrogens with one attached hydrogen (secondary N) is 2. The summed E-state index contributed by atoms with van der Waals surface area (Å²) in [7, 11) is 1.62. The second-order valence-corrected chi connectivity index (χ2v) is 8.42. The number of methoxy groups -OCH3 is 1. The SMILES string of the molecule is CCOC(=O)N[C@H](C(=O)N(CCCC(N)c1ccccc1)NCc1ccc(OC)cc1)C(C)C. The van der Waals surface area contributed by atoms with Gasteiger partial charge < -0.3 is 20.5 Å². The molecule has 1 unspecified atom stereocenters. The molecule has 0 aromatic heterocycles. The Morgan fingerprint density at radius 1 is 1.06 bits per heavy atom. The highest BCUT2D eigenvalue weighted by Crippen LogP contribution is 2.16. The van der Waals surface area contributed by atoms with Gasteiger partial charge in [0.05, 0.1) is 13.7 Å². The Labute approximate surface area is 202 Å². The largest absolute Gasteiger partial charge is 0.497 e. The van der Waals surface area contributed by atoms with E-state index in [0.29, 0.717) is 19.5 Å². The highest BCUT2D eigenvalue weighted by molar-refractivity contribution is 5.85. The van der Waals surface area contributed by atoms with Crippen molar-refractivity contribution in [1.82, 2.24) is 15.8 Å². The number of carbonyl (C=O) groups excluding carboxylic acids is 2. The van der Waals surface area contributed by atoms with Crippen molar-refractivity contribution in [2.24, 2.45) is 11.7 Å². The standard InChI is InChI=1S/C26H38N4O4/c1-5-34-26(32)29-24(19(2)3)25(31)30(28-18-20-13-15-22(33-4)16-14-20)17-9-12-23(27)21-10-7-6-8-11-21/h6-8,10-11,13-16,19,23-24,28H,5,9,12,17-18,27H2,1-4H3,(H,29,32)/t23?,24-/m0/s1. The zero-order valence-corrected chi connectivity index (χ0v) is 20.6. The second-order valence-electron chi connectivity index (χ2n) is 8.42. The van der Waals surface area contributed by atoms with Crippen LogP contribution in [0.4, 0.5) is 4.79 Å². The molecule has 2 aromatic carbocycles. The zero-order valence-electron chi connectivity index (χ0n) is 20.6. The van der Waals surface area contributed by atoms with E-state index in [1.54, 1.807) is 19.0 Å². The minimum atomic E-state index is -0.717. The van der Waals surface area contributed by atoms with Gasteiger partial charge in [-0.05, 0) is 48.9 Å². The van der Waals surface area contributed by atoms with Crippen molar-refractivity contribution in [2.45, 2.75) is 52.2 Å². The van der Waals surface area contributed by atoms with Crippen LogP contribution < -0.4 is 21.2 Å². The molecule has 2 amide bonds. The first-order valence-electron chi connectivity index (χ1n) is 11.8. The third kappa shape index (κ3) is 8.68. The number of hydrazine groups is 1. The van der Waals surface area contributed by atoms with E-state index < -0.39 is 12.1 Å². The molecule has 2 atom stereocenters. The summed E-state index contributed by atoms with van der Waals surface area (Å²) >= 11 is 0. The van der Waals surface area contributed by atoms with Crippen LogP contribution >= 0.6 is 0 Å². The molecule has 0 aliphatic carbocycles. The molecule has 8 nitrogen and oxygen atoms in total. The fraction of sp³-hybridized carbons (Fsp3) is 0.462. The summed E-state index contributed by atoms with van der Waals surface area (Å²) in [5, 5.41) is 4.28. The number of alkyl carbamates (subject to hydrolysis) is 1. The van der Waals surface area contributed by atoms with Crippen LogP contribution in [0.1, 0.15) is 50.8 Å². The van der Waals surface area contributed by atoms with E-state index in [4.69, 9.17) is 15.2 Å². The Balaban J connectivity index is 2.08. The van der Waals surface area contributed by atoms with Crippen LogP contribution in [0.5, 0.6) is 5.75 Å². The number of hydrogen-bond acceptors (Lipinski definition) is 6. The predicted molar refractivity (Wildman–Crippen MR) is 133 cm³/mol. The van der Waals surface area contributed by atoms with E-state index >= 15 is 0 Å². The number of rotatable bonds is 13. The van der Waals surface area contributed by atoms with Gasteiger partial charge in [-0.15, -0.1) is 0 Å². The van der Waals surface area contributed by atoms with Crippen molar-refractivity contribution >= 4 is 12.0 Å². The average Bonchev–Trinajstić information content (AvgIpc) is 2.85. The molecule has 4 N–H and O–H groups in total. The quantitative estimate of drug-likeness (QED) is 0.385. The molecule has 8 heteroatoms. The van der Waals surface area contributed by atoms with Gasteiger partial charge in [0.1, 0.15) is 11.8 Å². The summed E-state index contributed by atoms with van der Waals surface area (Å²) in [6, 6.07) is 16.7. The summed E-state index contributed by atoms with van der Waals surface area (Å²) in [5.74, 6) is 0.434. The number of ether oxygens (including phenoxy) is 2. The van der Waals surface area contributed by atoms with Crippen molar-refractivity contribution in [3.63, 3.8) is 0 Å². The molecular weight excluding hydrogens is 432 g/mol. The maximum Gasteiger partial charge on any atom is 0.407 e. The minimum Gasteiger partial charge on any atom is -0.497 e. The second kappa shape index (κ2) is 14.2. The molecule has 0 heterocycles. The fourth-order valence-electron chi connectivity index (χ4n) is 3.51. The molecule has 2 rings (SSSR count). The molecule has 0 saturated heterocycles. The van der Waals surface area contributed by atoms with Gasteiger partial charge in [-0.25, -0.2) is 10.2 Å². The molecule has 0 radical (unpaired) electrons. The minimum absolute atomic E-state index is 0.113. The maximum atomic E-state index is 13.4. The normalized spacial score (nSPS) is 12.6. The number of carbonyl (C=O) groups is 2. The molecule has 186 valence electrons. The summed E-state index contributed by atoms with van der Waals surface area (Å²) in [4.78, 5) is 25.5. The molecule has 0 saturated carbocycles. The predicted octanol–water partition coefficient (Wildman–Crippen LogP) is 3.78. The topological polar surface area (TPSA) is 106 Å². The fourth-order valence-corrected chi connectivity index (χ4v) is 3.51. The van der Waals surface area contributed by atoms with Crippen LogP contribution in [0.3, 0.4) is 0 Å². The van der Waals surface area contributed by atoms with Crippen molar-refractivity contribution in [1.29, 1.82) is 0 Å². The number of nitrogens with zero attached hydrogens (tertiary/aromatic N) is 1. The van der Waals surface area contributed by atoms with E-state index in [2.05, 4.69) is 10.7 Å². The molecule has 0 spiro atoms. The molecule has 34 heavy (non-hydrogen) atoms. The lowest BCUT2D eigenvalue weighted by atomic mass is 10.0. The lowest BCUT2D eigenvalue weighted by Gasteiger charge is -2.30. The summed E-state index contributed by atoms with van der Waals surface area (Å²) in [6.07, 6.45) is 0.813. The van der Waals surface area contributed by atoms with Crippen molar-refractivity contribution in [2.75, 3.05) is 20.3 Å².